The highest BCUT2D eigenvalue weighted by molar-refractivity contribution is 7.10. The summed E-state index contributed by atoms with van der Waals surface area (Å²) < 4.78 is 0. The van der Waals surface area contributed by atoms with E-state index in [-0.39, 0.29) is 29.3 Å². The maximum absolute atomic E-state index is 10.8. The topological polar surface area (TPSA) is 46.2 Å². The average molecular weight is 354 g/mol. The second-order valence-corrected chi connectivity index (χ2v) is 8.94. The molecule has 0 unspecified atom stereocenters. The van der Waals surface area contributed by atoms with Gasteiger partial charge in [-0.1, -0.05) is 47.6 Å². The van der Waals surface area contributed by atoms with Crippen molar-refractivity contribution in [3.63, 3.8) is 0 Å². The van der Waals surface area contributed by atoms with Gasteiger partial charge in [-0.15, -0.1) is 23.7 Å². The number of phenolic OH excluding ortho intramolecular Hbond substituents is 1. The second kappa shape index (κ2) is 6.84. The molecule has 1 heterocycles. The maximum Gasteiger partial charge on any atom is 0.123 e. The number of nitrogens with two attached hydrogens (primary N) is 1. The summed E-state index contributed by atoms with van der Waals surface area (Å²) in [5.74, 6) is 0.405. The van der Waals surface area contributed by atoms with Crippen molar-refractivity contribution in [1.29, 1.82) is 0 Å². The van der Waals surface area contributed by atoms with Gasteiger partial charge >= 0.3 is 0 Å². The minimum atomic E-state index is -0.150. The zero-order valence-electron chi connectivity index (χ0n) is 14.8. The third kappa shape index (κ3) is 4.28. The van der Waals surface area contributed by atoms with Crippen LogP contribution in [-0.4, -0.2) is 5.11 Å². The highest BCUT2D eigenvalue weighted by Gasteiger charge is 2.27. The summed E-state index contributed by atoms with van der Waals surface area (Å²) in [6.45, 7) is 12.7. The molecule has 23 heavy (non-hydrogen) atoms. The Morgan fingerprint density at radius 2 is 1.48 bits per heavy atom. The minimum Gasteiger partial charge on any atom is -0.507 e. The van der Waals surface area contributed by atoms with Crippen molar-refractivity contribution < 1.29 is 5.11 Å². The molecule has 3 N–H and O–H groups in total. The summed E-state index contributed by atoms with van der Waals surface area (Å²) in [7, 11) is 0. The summed E-state index contributed by atoms with van der Waals surface area (Å²) in [5, 5.41) is 12.8. The Bertz CT molecular complexity index is 616. The van der Waals surface area contributed by atoms with E-state index >= 15 is 0 Å². The predicted octanol–water partition coefficient (Wildman–Crippen LogP) is 5.52. The van der Waals surface area contributed by atoms with Crippen molar-refractivity contribution in [3.05, 3.63) is 51.2 Å². The Morgan fingerprint density at radius 3 is 1.83 bits per heavy atom. The summed E-state index contributed by atoms with van der Waals surface area (Å²) in [6.07, 6.45) is 0. The van der Waals surface area contributed by atoms with Crippen molar-refractivity contribution >= 4 is 23.7 Å². The second-order valence-electron chi connectivity index (χ2n) is 7.96. The van der Waals surface area contributed by atoms with E-state index in [1.165, 1.54) is 0 Å². The number of rotatable bonds is 2. The molecule has 0 saturated heterocycles. The average Bonchev–Trinajstić information content (AvgIpc) is 2.89. The molecule has 0 aliphatic rings. The van der Waals surface area contributed by atoms with Crippen molar-refractivity contribution in [3.8, 4) is 5.75 Å². The number of benzene rings is 1. The van der Waals surface area contributed by atoms with Crippen LogP contribution < -0.4 is 5.73 Å². The summed E-state index contributed by atoms with van der Waals surface area (Å²) in [5.41, 5.74) is 9.19. The third-order valence-corrected chi connectivity index (χ3v) is 4.91. The summed E-state index contributed by atoms with van der Waals surface area (Å²) in [4.78, 5) is 1.14. The van der Waals surface area contributed by atoms with Crippen LogP contribution in [0.15, 0.2) is 29.6 Å². The van der Waals surface area contributed by atoms with Crippen LogP contribution in [0, 0.1) is 0 Å². The maximum atomic E-state index is 10.8. The molecule has 0 radical (unpaired) electrons. The molecule has 128 valence electrons. The van der Waals surface area contributed by atoms with Crippen LogP contribution in [0.2, 0.25) is 0 Å². The van der Waals surface area contributed by atoms with Crippen LogP contribution in [0.5, 0.6) is 5.75 Å². The molecular weight excluding hydrogens is 326 g/mol. The lowest BCUT2D eigenvalue weighted by molar-refractivity contribution is 0.422. The van der Waals surface area contributed by atoms with E-state index in [0.29, 0.717) is 5.75 Å². The number of halogens is 1. The van der Waals surface area contributed by atoms with E-state index in [9.17, 15) is 5.11 Å². The zero-order valence-corrected chi connectivity index (χ0v) is 16.4. The van der Waals surface area contributed by atoms with Gasteiger partial charge in [-0.05, 0) is 51.1 Å². The quantitative estimate of drug-likeness (QED) is 0.746. The number of phenols is 1. The van der Waals surface area contributed by atoms with Crippen LogP contribution in [0.4, 0.5) is 0 Å². The van der Waals surface area contributed by atoms with Crippen LogP contribution >= 0.6 is 23.7 Å². The molecule has 0 aliphatic carbocycles. The summed E-state index contributed by atoms with van der Waals surface area (Å²) in [6, 6.07) is 8.07. The molecule has 2 rings (SSSR count). The van der Waals surface area contributed by atoms with Crippen LogP contribution in [0.25, 0.3) is 0 Å². The van der Waals surface area contributed by atoms with Gasteiger partial charge in [0.25, 0.3) is 0 Å². The van der Waals surface area contributed by atoms with Gasteiger partial charge in [-0.3, -0.25) is 0 Å². The van der Waals surface area contributed by atoms with Gasteiger partial charge in [-0.2, -0.15) is 0 Å². The van der Waals surface area contributed by atoms with E-state index < -0.39 is 0 Å². The normalized spacial score (nSPS) is 13.5. The fourth-order valence-electron chi connectivity index (χ4n) is 2.61. The Morgan fingerprint density at radius 1 is 1.00 bits per heavy atom. The lowest BCUT2D eigenvalue weighted by atomic mass is 9.77. The van der Waals surface area contributed by atoms with E-state index in [1.807, 2.05) is 11.4 Å². The van der Waals surface area contributed by atoms with E-state index in [1.54, 1.807) is 11.3 Å². The van der Waals surface area contributed by atoms with Gasteiger partial charge in [-0.25, -0.2) is 0 Å². The Balaban J connectivity index is 0.00000264. The Hall–Kier alpha value is -1.03. The van der Waals surface area contributed by atoms with Gasteiger partial charge < -0.3 is 10.8 Å². The molecule has 1 atom stereocenters. The molecule has 0 bridgehead atoms. The molecule has 2 nitrogen and oxygen atoms in total. The molecule has 0 saturated carbocycles. The number of aromatic hydroxyl groups is 1. The number of hydrogen-bond acceptors (Lipinski definition) is 3. The first-order valence-electron chi connectivity index (χ1n) is 7.68. The first-order valence-corrected chi connectivity index (χ1v) is 8.56. The predicted molar refractivity (Wildman–Crippen MR) is 103 cm³/mol. The van der Waals surface area contributed by atoms with Crippen molar-refractivity contribution in [2.45, 2.75) is 58.4 Å². The molecular formula is C19H28ClNOS. The number of thiophene rings is 1. The monoisotopic (exact) mass is 353 g/mol. The summed E-state index contributed by atoms with van der Waals surface area (Å²) >= 11 is 1.67. The van der Waals surface area contributed by atoms with E-state index in [4.69, 9.17) is 5.73 Å². The van der Waals surface area contributed by atoms with Gasteiger partial charge in [0.2, 0.25) is 0 Å². The third-order valence-electron chi connectivity index (χ3n) is 3.96. The standard InChI is InChI=1S/C19H27NOS.ClH/c1-18(2,3)13-10-12(16(20)15-8-7-9-22-15)11-14(17(13)21)19(4,5)6;/h7-11,16,21H,20H2,1-6H3;1H/t16-;/m0./s1. The largest absolute Gasteiger partial charge is 0.507 e. The van der Waals surface area contributed by atoms with E-state index in [0.717, 1.165) is 21.6 Å². The minimum absolute atomic E-state index is 0. The number of hydrogen-bond donors (Lipinski definition) is 2. The van der Waals surface area contributed by atoms with Crippen molar-refractivity contribution in [1.82, 2.24) is 0 Å². The van der Waals surface area contributed by atoms with Crippen molar-refractivity contribution in [2.24, 2.45) is 5.73 Å². The smallest absolute Gasteiger partial charge is 0.123 e. The Labute approximate surface area is 150 Å². The van der Waals surface area contributed by atoms with Gasteiger partial charge in [0.05, 0.1) is 6.04 Å². The van der Waals surface area contributed by atoms with Crippen LogP contribution in [0.3, 0.4) is 0 Å². The molecule has 0 aliphatic heterocycles. The Kier molecular flexibility index (Phi) is 5.95. The highest BCUT2D eigenvalue weighted by Crippen LogP contribution is 2.41. The van der Waals surface area contributed by atoms with Gasteiger partial charge in [0.15, 0.2) is 0 Å². The highest BCUT2D eigenvalue weighted by atomic mass is 35.5. The van der Waals surface area contributed by atoms with Gasteiger partial charge in [0.1, 0.15) is 5.75 Å². The van der Waals surface area contributed by atoms with Gasteiger partial charge in [0, 0.05) is 4.88 Å². The molecule has 2 aromatic rings. The molecule has 1 aromatic heterocycles. The van der Waals surface area contributed by atoms with Crippen LogP contribution in [0.1, 0.15) is 69.2 Å². The van der Waals surface area contributed by atoms with E-state index in [2.05, 4.69) is 59.7 Å². The molecule has 4 heteroatoms. The first-order chi connectivity index (χ1) is 10.0. The molecule has 0 spiro atoms. The lowest BCUT2D eigenvalue weighted by Gasteiger charge is -2.29. The fourth-order valence-corrected chi connectivity index (χ4v) is 3.37. The molecule has 1 aromatic carbocycles. The molecule has 0 amide bonds. The lowest BCUT2D eigenvalue weighted by Crippen LogP contribution is -2.20. The van der Waals surface area contributed by atoms with Crippen LogP contribution in [-0.2, 0) is 10.8 Å². The zero-order chi connectivity index (χ0) is 16.7. The molecule has 0 fully saturated rings. The fraction of sp³-hybridized carbons (Fsp3) is 0.474. The SMILES string of the molecule is CC(C)(C)c1cc([C@H](N)c2cccs2)cc(C(C)(C)C)c1O.Cl. The van der Waals surface area contributed by atoms with Crippen molar-refractivity contribution in [2.75, 3.05) is 0 Å². The first kappa shape index (κ1) is 20.0.